The van der Waals surface area contributed by atoms with Crippen LogP contribution in [0.3, 0.4) is 0 Å². The number of nitrogens with zero attached hydrogens (tertiary/aromatic N) is 1. The first-order valence-corrected chi connectivity index (χ1v) is 4.28. The standard InChI is InChI=1S/C10H11FN/c11-9-4-1-3-8(7-9)10-5-2-6-12-10/h1,3-4,7,10H,2,5-6H2. The van der Waals surface area contributed by atoms with Crippen molar-refractivity contribution >= 4 is 0 Å². The summed E-state index contributed by atoms with van der Waals surface area (Å²) in [7, 11) is 0. The van der Waals surface area contributed by atoms with Crippen LogP contribution in [0.4, 0.5) is 4.39 Å². The minimum atomic E-state index is -0.158. The molecule has 1 aliphatic rings. The van der Waals surface area contributed by atoms with Crippen molar-refractivity contribution in [1.82, 2.24) is 5.32 Å². The van der Waals surface area contributed by atoms with Crippen LogP contribution in [0, 0.1) is 5.82 Å². The molecule has 1 heterocycles. The summed E-state index contributed by atoms with van der Waals surface area (Å²) < 4.78 is 12.8. The van der Waals surface area contributed by atoms with Crippen LogP contribution < -0.4 is 5.32 Å². The molecule has 1 saturated heterocycles. The molecule has 1 nitrogen and oxygen atoms in total. The van der Waals surface area contributed by atoms with E-state index in [1.165, 1.54) is 6.07 Å². The van der Waals surface area contributed by atoms with Crippen molar-refractivity contribution in [2.24, 2.45) is 0 Å². The SMILES string of the molecule is Fc1cccc(C2CCC[N]2)c1. The second-order valence-corrected chi connectivity index (χ2v) is 3.12. The van der Waals surface area contributed by atoms with Gasteiger partial charge in [-0.05, 0) is 30.5 Å². The number of benzene rings is 1. The highest BCUT2D eigenvalue weighted by Crippen LogP contribution is 2.24. The molecule has 1 radical (unpaired) electrons. The molecule has 0 aromatic heterocycles. The molecule has 1 unspecified atom stereocenters. The van der Waals surface area contributed by atoms with Crippen LogP contribution in [0.15, 0.2) is 24.3 Å². The van der Waals surface area contributed by atoms with Gasteiger partial charge in [-0.25, -0.2) is 9.71 Å². The molecule has 0 N–H and O–H groups in total. The first kappa shape index (κ1) is 7.74. The summed E-state index contributed by atoms with van der Waals surface area (Å²) in [5.41, 5.74) is 1.02. The number of hydrogen-bond acceptors (Lipinski definition) is 0. The van der Waals surface area contributed by atoms with E-state index in [1.807, 2.05) is 6.07 Å². The lowest BCUT2D eigenvalue weighted by molar-refractivity contribution is 0.602. The summed E-state index contributed by atoms with van der Waals surface area (Å²) in [6.45, 7) is 0.932. The van der Waals surface area contributed by atoms with Crippen LogP contribution >= 0.6 is 0 Å². The van der Waals surface area contributed by atoms with Gasteiger partial charge in [0.05, 0.1) is 0 Å². The second-order valence-electron chi connectivity index (χ2n) is 3.12. The van der Waals surface area contributed by atoms with Gasteiger partial charge in [-0.15, -0.1) is 0 Å². The quantitative estimate of drug-likeness (QED) is 0.604. The fourth-order valence-corrected chi connectivity index (χ4v) is 1.61. The number of halogens is 1. The predicted molar refractivity (Wildman–Crippen MR) is 45.4 cm³/mol. The molecule has 2 heteroatoms. The third kappa shape index (κ3) is 1.48. The van der Waals surface area contributed by atoms with Gasteiger partial charge in [0.2, 0.25) is 0 Å². The molecule has 2 rings (SSSR count). The Hall–Kier alpha value is -0.890. The van der Waals surface area contributed by atoms with Gasteiger partial charge in [-0.2, -0.15) is 0 Å². The lowest BCUT2D eigenvalue weighted by Gasteiger charge is -2.07. The smallest absolute Gasteiger partial charge is 0.123 e. The van der Waals surface area contributed by atoms with E-state index in [0.717, 1.165) is 24.9 Å². The van der Waals surface area contributed by atoms with E-state index in [4.69, 9.17) is 0 Å². The van der Waals surface area contributed by atoms with E-state index in [1.54, 1.807) is 12.1 Å². The third-order valence-electron chi connectivity index (χ3n) is 2.22. The molecule has 1 atom stereocenters. The van der Waals surface area contributed by atoms with Crippen LogP contribution in [0.2, 0.25) is 0 Å². The van der Waals surface area contributed by atoms with Crippen molar-refractivity contribution < 1.29 is 4.39 Å². The van der Waals surface area contributed by atoms with Crippen molar-refractivity contribution in [2.45, 2.75) is 18.9 Å². The molecule has 0 amide bonds. The molecule has 1 aliphatic heterocycles. The van der Waals surface area contributed by atoms with Gasteiger partial charge in [0.15, 0.2) is 0 Å². The van der Waals surface area contributed by atoms with Crippen LogP contribution in [0.25, 0.3) is 0 Å². The minimum Gasteiger partial charge on any atom is -0.234 e. The van der Waals surface area contributed by atoms with Crippen LogP contribution in [0.1, 0.15) is 24.4 Å². The molecule has 63 valence electrons. The minimum absolute atomic E-state index is 0.158. The first-order valence-electron chi connectivity index (χ1n) is 4.28. The lowest BCUT2D eigenvalue weighted by Crippen LogP contribution is -2.04. The van der Waals surface area contributed by atoms with E-state index < -0.39 is 0 Å². The van der Waals surface area contributed by atoms with Crippen molar-refractivity contribution in [3.8, 4) is 0 Å². The Morgan fingerprint density at radius 3 is 3.00 bits per heavy atom. The summed E-state index contributed by atoms with van der Waals surface area (Å²) in [5, 5.41) is 4.38. The average molecular weight is 164 g/mol. The van der Waals surface area contributed by atoms with Gasteiger partial charge in [0.25, 0.3) is 0 Å². The van der Waals surface area contributed by atoms with E-state index in [0.29, 0.717) is 0 Å². The molecule has 0 bridgehead atoms. The zero-order valence-electron chi connectivity index (χ0n) is 6.83. The molecule has 0 spiro atoms. The Morgan fingerprint density at radius 2 is 2.33 bits per heavy atom. The van der Waals surface area contributed by atoms with Gasteiger partial charge in [-0.3, -0.25) is 0 Å². The van der Waals surface area contributed by atoms with Crippen LogP contribution in [-0.4, -0.2) is 6.54 Å². The van der Waals surface area contributed by atoms with Crippen molar-refractivity contribution in [1.29, 1.82) is 0 Å². The summed E-state index contributed by atoms with van der Waals surface area (Å²) in [6.07, 6.45) is 2.21. The molecule has 0 aliphatic carbocycles. The molecule has 1 aromatic rings. The topological polar surface area (TPSA) is 14.1 Å². The van der Waals surface area contributed by atoms with Crippen molar-refractivity contribution in [2.75, 3.05) is 6.54 Å². The Labute approximate surface area is 71.6 Å². The summed E-state index contributed by atoms with van der Waals surface area (Å²) in [4.78, 5) is 0. The molecule has 1 aromatic carbocycles. The zero-order chi connectivity index (χ0) is 8.39. The number of hydrogen-bond donors (Lipinski definition) is 0. The molecule has 0 saturated carbocycles. The van der Waals surface area contributed by atoms with E-state index in [-0.39, 0.29) is 11.9 Å². The van der Waals surface area contributed by atoms with Gasteiger partial charge >= 0.3 is 0 Å². The summed E-state index contributed by atoms with van der Waals surface area (Å²) in [6, 6.07) is 7.00. The van der Waals surface area contributed by atoms with Crippen molar-refractivity contribution in [3.05, 3.63) is 35.6 Å². The number of rotatable bonds is 1. The Kier molecular flexibility index (Phi) is 2.09. The lowest BCUT2D eigenvalue weighted by atomic mass is 10.1. The van der Waals surface area contributed by atoms with E-state index in [2.05, 4.69) is 5.32 Å². The highest BCUT2D eigenvalue weighted by molar-refractivity contribution is 5.20. The summed E-state index contributed by atoms with van der Waals surface area (Å²) in [5.74, 6) is -0.158. The van der Waals surface area contributed by atoms with Crippen LogP contribution in [-0.2, 0) is 0 Å². The fourth-order valence-electron chi connectivity index (χ4n) is 1.61. The maximum atomic E-state index is 12.8. The molecule has 1 fully saturated rings. The highest BCUT2D eigenvalue weighted by atomic mass is 19.1. The Balaban J connectivity index is 2.21. The third-order valence-corrected chi connectivity index (χ3v) is 2.22. The monoisotopic (exact) mass is 164 g/mol. The molecular formula is C10H11FN. The van der Waals surface area contributed by atoms with Gasteiger partial charge in [-0.1, -0.05) is 12.1 Å². The zero-order valence-corrected chi connectivity index (χ0v) is 6.83. The maximum Gasteiger partial charge on any atom is 0.123 e. The normalized spacial score (nSPS) is 22.9. The maximum absolute atomic E-state index is 12.8. The molecule has 12 heavy (non-hydrogen) atoms. The van der Waals surface area contributed by atoms with Gasteiger partial charge in [0, 0.05) is 12.6 Å². The van der Waals surface area contributed by atoms with E-state index in [9.17, 15) is 4.39 Å². The van der Waals surface area contributed by atoms with E-state index >= 15 is 0 Å². The Morgan fingerprint density at radius 1 is 1.42 bits per heavy atom. The van der Waals surface area contributed by atoms with Gasteiger partial charge < -0.3 is 0 Å². The Bertz CT molecular complexity index is 266. The predicted octanol–water partition coefficient (Wildman–Crippen LogP) is 2.26. The van der Waals surface area contributed by atoms with Crippen molar-refractivity contribution in [3.63, 3.8) is 0 Å². The first-order chi connectivity index (χ1) is 5.86. The second kappa shape index (κ2) is 3.23. The van der Waals surface area contributed by atoms with Crippen LogP contribution in [0.5, 0.6) is 0 Å². The van der Waals surface area contributed by atoms with Gasteiger partial charge in [0.1, 0.15) is 5.82 Å². The largest absolute Gasteiger partial charge is 0.234 e. The fraction of sp³-hybridized carbons (Fsp3) is 0.400. The molecular weight excluding hydrogens is 153 g/mol. The summed E-state index contributed by atoms with van der Waals surface area (Å²) >= 11 is 0. The highest BCUT2D eigenvalue weighted by Gasteiger charge is 2.17. The average Bonchev–Trinajstić information content (AvgIpc) is 2.56.